The van der Waals surface area contributed by atoms with Crippen molar-refractivity contribution in [2.45, 2.75) is 70.2 Å². The summed E-state index contributed by atoms with van der Waals surface area (Å²) in [7, 11) is 0. The van der Waals surface area contributed by atoms with Gasteiger partial charge in [0.1, 0.15) is 0 Å². The van der Waals surface area contributed by atoms with Gasteiger partial charge in [-0.2, -0.15) is 11.8 Å². The molecular formula is C15H28N2S2. The minimum absolute atomic E-state index is 0.291. The number of rotatable bonds is 2. The van der Waals surface area contributed by atoms with Gasteiger partial charge in [0, 0.05) is 17.0 Å². The molecule has 0 aromatic carbocycles. The number of nitrogens with one attached hydrogen (secondary N) is 1. The van der Waals surface area contributed by atoms with Crippen LogP contribution in [0.4, 0.5) is 0 Å². The summed E-state index contributed by atoms with van der Waals surface area (Å²) >= 11 is 3.94. The summed E-state index contributed by atoms with van der Waals surface area (Å²) in [5, 5.41) is 5.73. The monoisotopic (exact) mass is 300 g/mol. The maximum atomic E-state index is 4.98. The van der Waals surface area contributed by atoms with Crippen LogP contribution in [0.25, 0.3) is 0 Å². The van der Waals surface area contributed by atoms with Gasteiger partial charge in [-0.25, -0.2) is 0 Å². The molecule has 0 aromatic rings. The molecule has 1 aliphatic carbocycles. The predicted molar refractivity (Wildman–Crippen MR) is 90.4 cm³/mol. The van der Waals surface area contributed by atoms with E-state index in [9.17, 15) is 0 Å². The molecule has 0 spiro atoms. The van der Waals surface area contributed by atoms with Crippen molar-refractivity contribution in [1.82, 2.24) is 5.32 Å². The summed E-state index contributed by atoms with van der Waals surface area (Å²) in [5.41, 5.74) is 0.291. The molecule has 0 amide bonds. The molecule has 0 aromatic heterocycles. The van der Waals surface area contributed by atoms with E-state index in [0.29, 0.717) is 17.5 Å². The highest BCUT2D eigenvalue weighted by Crippen LogP contribution is 2.32. The number of hydrogen-bond donors (Lipinski definition) is 1. The van der Waals surface area contributed by atoms with Crippen LogP contribution in [-0.4, -0.2) is 34.5 Å². The highest BCUT2D eigenvalue weighted by Gasteiger charge is 2.30. The zero-order valence-electron chi connectivity index (χ0n) is 12.7. The molecule has 1 saturated carbocycles. The standard InChI is InChI=1S/C15H28N2S2/c1-15(2,3)13-9-10-19-14(17-13)16-11-7-5-6-8-12(11)18-4/h11-13H,5-10H2,1-4H3,(H,16,17). The Morgan fingerprint density at radius 1 is 1.21 bits per heavy atom. The summed E-state index contributed by atoms with van der Waals surface area (Å²) in [6, 6.07) is 1.11. The lowest BCUT2D eigenvalue weighted by molar-refractivity contribution is 0.314. The third-order valence-corrected chi connectivity index (χ3v) is 6.32. The molecule has 3 unspecified atom stereocenters. The summed E-state index contributed by atoms with van der Waals surface area (Å²) in [5.74, 6) is 1.21. The number of amidine groups is 1. The smallest absolute Gasteiger partial charge is 0.157 e. The first-order valence-corrected chi connectivity index (χ1v) is 9.78. The molecule has 1 aliphatic heterocycles. The second kappa shape index (κ2) is 6.75. The molecule has 1 heterocycles. The second-order valence-electron chi connectivity index (χ2n) is 6.76. The number of nitrogens with zero attached hydrogens (tertiary/aromatic N) is 1. The van der Waals surface area contributed by atoms with Crippen molar-refractivity contribution in [1.29, 1.82) is 0 Å². The second-order valence-corrected chi connectivity index (χ2v) is 8.92. The van der Waals surface area contributed by atoms with Crippen LogP contribution in [-0.2, 0) is 0 Å². The fourth-order valence-corrected chi connectivity index (χ4v) is 4.82. The minimum Gasteiger partial charge on any atom is -0.361 e. The molecule has 2 rings (SSSR count). The van der Waals surface area contributed by atoms with Crippen LogP contribution >= 0.6 is 23.5 Å². The predicted octanol–water partition coefficient (Wildman–Crippen LogP) is 4.16. The van der Waals surface area contributed by atoms with Gasteiger partial charge in [-0.3, -0.25) is 4.99 Å². The third kappa shape index (κ3) is 4.32. The summed E-state index contributed by atoms with van der Waals surface area (Å²) in [6.45, 7) is 6.92. The molecule has 2 nitrogen and oxygen atoms in total. The Hall–Kier alpha value is 0.170. The van der Waals surface area contributed by atoms with Crippen LogP contribution in [0.1, 0.15) is 52.9 Å². The highest BCUT2D eigenvalue weighted by atomic mass is 32.2. The van der Waals surface area contributed by atoms with E-state index in [1.54, 1.807) is 0 Å². The summed E-state index contributed by atoms with van der Waals surface area (Å²) in [4.78, 5) is 4.98. The van der Waals surface area contributed by atoms with Gasteiger partial charge in [0.25, 0.3) is 0 Å². The normalized spacial score (nSPS) is 32.8. The average molecular weight is 301 g/mol. The molecule has 0 radical (unpaired) electrons. The molecule has 0 bridgehead atoms. The van der Waals surface area contributed by atoms with Crippen molar-refractivity contribution >= 4 is 28.7 Å². The van der Waals surface area contributed by atoms with Crippen molar-refractivity contribution in [2.75, 3.05) is 12.0 Å². The Labute approximate surface area is 127 Å². The third-order valence-electron chi connectivity index (χ3n) is 4.22. The SMILES string of the molecule is CSC1CCCCC1NC1=NC(C(C)(C)C)CCS1. The molecule has 19 heavy (non-hydrogen) atoms. The van der Waals surface area contributed by atoms with Gasteiger partial charge in [-0.1, -0.05) is 45.4 Å². The zero-order chi connectivity index (χ0) is 13.9. The van der Waals surface area contributed by atoms with Crippen molar-refractivity contribution in [2.24, 2.45) is 10.4 Å². The number of aliphatic imine (C=N–C) groups is 1. The fourth-order valence-electron chi connectivity index (χ4n) is 2.92. The Morgan fingerprint density at radius 2 is 1.95 bits per heavy atom. The van der Waals surface area contributed by atoms with Gasteiger partial charge in [0.05, 0.1) is 6.04 Å². The van der Waals surface area contributed by atoms with Gasteiger partial charge in [0.2, 0.25) is 0 Å². The first kappa shape index (κ1) is 15.6. The van der Waals surface area contributed by atoms with Crippen LogP contribution in [0.2, 0.25) is 0 Å². The van der Waals surface area contributed by atoms with E-state index in [1.807, 2.05) is 23.5 Å². The Balaban J connectivity index is 1.99. The van der Waals surface area contributed by atoms with E-state index in [2.05, 4.69) is 32.3 Å². The highest BCUT2D eigenvalue weighted by molar-refractivity contribution is 8.13. The van der Waals surface area contributed by atoms with Crippen LogP contribution < -0.4 is 5.32 Å². The van der Waals surface area contributed by atoms with E-state index in [1.165, 1.54) is 43.0 Å². The molecule has 0 saturated heterocycles. The van der Waals surface area contributed by atoms with Crippen LogP contribution in [0, 0.1) is 5.41 Å². The minimum atomic E-state index is 0.291. The van der Waals surface area contributed by atoms with Gasteiger partial charge in [-0.05, 0) is 30.9 Å². The maximum Gasteiger partial charge on any atom is 0.157 e. The zero-order valence-corrected chi connectivity index (χ0v) is 14.4. The topological polar surface area (TPSA) is 24.4 Å². The van der Waals surface area contributed by atoms with E-state index in [0.717, 1.165) is 5.25 Å². The molecular weight excluding hydrogens is 272 g/mol. The van der Waals surface area contributed by atoms with Crippen LogP contribution in [0.5, 0.6) is 0 Å². The van der Waals surface area contributed by atoms with Gasteiger partial charge >= 0.3 is 0 Å². The van der Waals surface area contributed by atoms with Crippen molar-refractivity contribution in [3.05, 3.63) is 0 Å². The van der Waals surface area contributed by atoms with E-state index in [4.69, 9.17) is 4.99 Å². The molecule has 3 atom stereocenters. The van der Waals surface area contributed by atoms with Gasteiger partial charge in [0.15, 0.2) is 5.17 Å². The first-order chi connectivity index (χ1) is 9.00. The van der Waals surface area contributed by atoms with Gasteiger partial charge in [-0.15, -0.1) is 0 Å². The molecule has 110 valence electrons. The van der Waals surface area contributed by atoms with Crippen LogP contribution in [0.3, 0.4) is 0 Å². The van der Waals surface area contributed by atoms with Crippen molar-refractivity contribution < 1.29 is 0 Å². The quantitative estimate of drug-likeness (QED) is 0.829. The number of hydrogen-bond acceptors (Lipinski definition) is 4. The number of thioether (sulfide) groups is 2. The lowest BCUT2D eigenvalue weighted by atomic mass is 9.85. The van der Waals surface area contributed by atoms with E-state index < -0.39 is 0 Å². The Kier molecular flexibility index (Phi) is 5.53. The van der Waals surface area contributed by atoms with Crippen molar-refractivity contribution in [3.8, 4) is 0 Å². The van der Waals surface area contributed by atoms with Crippen molar-refractivity contribution in [3.63, 3.8) is 0 Å². The Morgan fingerprint density at radius 3 is 2.63 bits per heavy atom. The maximum absolute atomic E-state index is 4.98. The summed E-state index contributed by atoms with van der Waals surface area (Å²) in [6.07, 6.45) is 8.91. The molecule has 2 aliphatic rings. The van der Waals surface area contributed by atoms with Gasteiger partial charge < -0.3 is 5.32 Å². The Bertz CT molecular complexity index is 323. The average Bonchev–Trinajstić information content (AvgIpc) is 2.39. The molecule has 4 heteroatoms. The van der Waals surface area contributed by atoms with Crippen LogP contribution in [0.15, 0.2) is 4.99 Å². The molecule has 1 N–H and O–H groups in total. The first-order valence-electron chi connectivity index (χ1n) is 7.50. The largest absolute Gasteiger partial charge is 0.361 e. The van der Waals surface area contributed by atoms with E-state index in [-0.39, 0.29) is 0 Å². The van der Waals surface area contributed by atoms with E-state index >= 15 is 0 Å². The summed E-state index contributed by atoms with van der Waals surface area (Å²) < 4.78 is 0. The lowest BCUT2D eigenvalue weighted by Gasteiger charge is -2.35. The lowest BCUT2D eigenvalue weighted by Crippen LogP contribution is -2.44. The fraction of sp³-hybridized carbons (Fsp3) is 0.933. The molecule has 1 fully saturated rings.